The summed E-state index contributed by atoms with van der Waals surface area (Å²) in [5.74, 6) is -1.10. The van der Waals surface area contributed by atoms with E-state index in [9.17, 15) is 14.2 Å². The van der Waals surface area contributed by atoms with Crippen LogP contribution in [0.3, 0.4) is 0 Å². The van der Waals surface area contributed by atoms with Gasteiger partial charge < -0.3 is 15.0 Å². The van der Waals surface area contributed by atoms with Gasteiger partial charge in [0.25, 0.3) is 5.91 Å². The van der Waals surface area contributed by atoms with E-state index in [1.807, 2.05) is 6.07 Å². The van der Waals surface area contributed by atoms with E-state index < -0.39 is 18.8 Å². The first-order valence-electron chi connectivity index (χ1n) is 6.63. The molecule has 1 amide bonds. The molecule has 4 nitrogen and oxygen atoms in total. The Morgan fingerprint density at radius 2 is 2.10 bits per heavy atom. The largest absolute Gasteiger partial charge is 0.491 e. The predicted octanol–water partition coefficient (Wildman–Crippen LogP) is 1.34. The zero-order valence-electron chi connectivity index (χ0n) is 11.2. The fourth-order valence-corrected chi connectivity index (χ4v) is 2.34. The van der Waals surface area contributed by atoms with Crippen molar-refractivity contribution in [3.63, 3.8) is 0 Å². The van der Waals surface area contributed by atoms with Crippen molar-refractivity contribution in [2.24, 2.45) is 0 Å². The Hall–Kier alpha value is -2.18. The van der Waals surface area contributed by atoms with Gasteiger partial charge >= 0.3 is 7.12 Å². The van der Waals surface area contributed by atoms with Crippen molar-refractivity contribution < 1.29 is 18.9 Å². The minimum atomic E-state index is -0.987. The van der Waals surface area contributed by atoms with E-state index in [2.05, 4.69) is 5.32 Å². The van der Waals surface area contributed by atoms with Crippen LogP contribution >= 0.6 is 0 Å². The molecule has 0 spiro atoms. The molecule has 0 saturated carbocycles. The van der Waals surface area contributed by atoms with E-state index in [0.717, 1.165) is 5.56 Å². The smallest absolute Gasteiger partial charge is 0.423 e. The molecule has 3 rings (SSSR count). The van der Waals surface area contributed by atoms with E-state index in [4.69, 9.17) is 4.65 Å². The molecule has 0 atom stereocenters. The Morgan fingerprint density at radius 3 is 2.90 bits per heavy atom. The lowest BCUT2D eigenvalue weighted by Gasteiger charge is -2.19. The number of hydrogen-bond acceptors (Lipinski definition) is 3. The third-order valence-corrected chi connectivity index (χ3v) is 3.44. The monoisotopic (exact) mass is 285 g/mol. The highest BCUT2D eigenvalue weighted by atomic mass is 19.1. The molecule has 0 saturated heterocycles. The molecule has 1 heterocycles. The van der Waals surface area contributed by atoms with E-state index in [0.29, 0.717) is 24.2 Å². The quantitative estimate of drug-likeness (QED) is 0.819. The van der Waals surface area contributed by atoms with Crippen LogP contribution in [0.2, 0.25) is 0 Å². The normalized spacial score (nSPS) is 13.7. The summed E-state index contributed by atoms with van der Waals surface area (Å²) < 4.78 is 18.7. The fraction of sp³-hybridized carbons (Fsp3) is 0.133. The molecular formula is C15H13BFNO3. The van der Waals surface area contributed by atoms with Gasteiger partial charge in [-0.1, -0.05) is 18.2 Å². The second-order valence-electron chi connectivity index (χ2n) is 4.82. The maximum absolute atomic E-state index is 13.6. The topological polar surface area (TPSA) is 58.6 Å². The number of amides is 1. The summed E-state index contributed by atoms with van der Waals surface area (Å²) in [5, 5.41) is 12.4. The molecule has 2 aromatic carbocycles. The van der Waals surface area contributed by atoms with Gasteiger partial charge in [0.15, 0.2) is 0 Å². The molecule has 21 heavy (non-hydrogen) atoms. The van der Waals surface area contributed by atoms with Crippen LogP contribution < -0.4 is 10.8 Å². The third kappa shape index (κ3) is 2.81. The molecule has 0 radical (unpaired) electrons. The van der Waals surface area contributed by atoms with E-state index >= 15 is 0 Å². The molecule has 0 aromatic heterocycles. The van der Waals surface area contributed by atoms with Gasteiger partial charge in [-0.2, -0.15) is 0 Å². The van der Waals surface area contributed by atoms with Crippen molar-refractivity contribution in [2.45, 2.75) is 6.42 Å². The average molecular weight is 285 g/mol. The Kier molecular flexibility index (Phi) is 3.73. The van der Waals surface area contributed by atoms with Crippen LogP contribution in [-0.2, 0) is 11.1 Å². The first-order valence-corrected chi connectivity index (χ1v) is 6.63. The number of carbonyl (C=O) groups is 1. The number of fused-ring (bicyclic) bond motifs is 1. The highest BCUT2D eigenvalue weighted by Gasteiger charge is 2.25. The van der Waals surface area contributed by atoms with Crippen LogP contribution in [0.4, 0.5) is 10.1 Å². The minimum absolute atomic E-state index is 0.0213. The van der Waals surface area contributed by atoms with Crippen LogP contribution in [0.5, 0.6) is 0 Å². The molecule has 106 valence electrons. The summed E-state index contributed by atoms with van der Waals surface area (Å²) in [6.45, 7) is 0.467. The number of nitrogens with one attached hydrogen (secondary N) is 1. The van der Waals surface area contributed by atoms with E-state index in [-0.39, 0.29) is 5.56 Å². The number of anilines is 1. The third-order valence-electron chi connectivity index (χ3n) is 3.44. The van der Waals surface area contributed by atoms with Crippen LogP contribution in [0, 0.1) is 5.82 Å². The average Bonchev–Trinajstić information content (AvgIpc) is 2.48. The summed E-state index contributed by atoms with van der Waals surface area (Å²) >= 11 is 0. The predicted molar refractivity (Wildman–Crippen MR) is 78.1 cm³/mol. The van der Waals surface area contributed by atoms with Crippen molar-refractivity contribution in [1.29, 1.82) is 0 Å². The van der Waals surface area contributed by atoms with Crippen molar-refractivity contribution in [3.05, 3.63) is 59.4 Å². The maximum atomic E-state index is 13.6. The molecule has 0 fully saturated rings. The van der Waals surface area contributed by atoms with Crippen LogP contribution in [0.15, 0.2) is 42.5 Å². The molecule has 0 bridgehead atoms. The Morgan fingerprint density at radius 1 is 1.29 bits per heavy atom. The maximum Gasteiger partial charge on any atom is 0.491 e. The summed E-state index contributed by atoms with van der Waals surface area (Å²) in [4.78, 5) is 12.0. The lowest BCUT2D eigenvalue weighted by atomic mass is 9.73. The fourth-order valence-electron chi connectivity index (χ4n) is 2.34. The van der Waals surface area contributed by atoms with Crippen molar-refractivity contribution in [3.8, 4) is 0 Å². The van der Waals surface area contributed by atoms with Gasteiger partial charge in [0.2, 0.25) is 0 Å². The van der Waals surface area contributed by atoms with Gasteiger partial charge in [-0.3, -0.25) is 4.79 Å². The summed E-state index contributed by atoms with van der Waals surface area (Å²) in [5.41, 5.74) is 2.09. The second kappa shape index (κ2) is 5.67. The molecule has 2 aromatic rings. The molecule has 0 aliphatic carbocycles. The summed E-state index contributed by atoms with van der Waals surface area (Å²) in [6.07, 6.45) is 0.716. The number of benzene rings is 2. The van der Waals surface area contributed by atoms with Gasteiger partial charge in [-0.15, -0.1) is 0 Å². The van der Waals surface area contributed by atoms with Crippen LogP contribution in [0.25, 0.3) is 0 Å². The SMILES string of the molecule is O=C(Nc1ccc2c(c1)B(O)OCC2)c1ccccc1F. The Balaban J connectivity index is 1.84. The number of rotatable bonds is 2. The Bertz CT molecular complexity index is 692. The number of halogens is 1. The van der Waals surface area contributed by atoms with Gasteiger partial charge in [0.05, 0.1) is 5.56 Å². The zero-order chi connectivity index (χ0) is 14.8. The van der Waals surface area contributed by atoms with Crippen LogP contribution in [0.1, 0.15) is 15.9 Å². The van der Waals surface area contributed by atoms with Gasteiger partial charge in [0, 0.05) is 12.3 Å². The first-order chi connectivity index (χ1) is 10.1. The zero-order valence-corrected chi connectivity index (χ0v) is 11.2. The highest BCUT2D eigenvalue weighted by Crippen LogP contribution is 2.15. The molecular weight excluding hydrogens is 272 g/mol. The highest BCUT2D eigenvalue weighted by molar-refractivity contribution is 6.61. The minimum Gasteiger partial charge on any atom is -0.423 e. The number of hydrogen-bond donors (Lipinski definition) is 2. The lowest BCUT2D eigenvalue weighted by Crippen LogP contribution is -2.41. The lowest BCUT2D eigenvalue weighted by molar-refractivity contribution is 0.102. The van der Waals surface area contributed by atoms with E-state index in [1.165, 1.54) is 18.2 Å². The molecule has 1 aliphatic heterocycles. The summed E-state index contributed by atoms with van der Waals surface area (Å²) in [7, 11) is -0.987. The Labute approximate surface area is 121 Å². The molecule has 0 unspecified atom stereocenters. The van der Waals surface area contributed by atoms with Gasteiger partial charge in [0.1, 0.15) is 5.82 Å². The van der Waals surface area contributed by atoms with E-state index in [1.54, 1.807) is 18.2 Å². The molecule has 6 heteroatoms. The number of carbonyl (C=O) groups excluding carboxylic acids is 1. The molecule has 2 N–H and O–H groups in total. The summed E-state index contributed by atoms with van der Waals surface area (Å²) in [6, 6.07) is 11.0. The molecule has 1 aliphatic rings. The standard InChI is InChI=1S/C15H13BFNO3/c17-14-4-2-1-3-12(14)15(19)18-11-6-5-10-7-8-21-16(20)13(10)9-11/h1-6,9,20H,7-8H2,(H,18,19). The van der Waals surface area contributed by atoms with Gasteiger partial charge in [-0.25, -0.2) is 4.39 Å². The van der Waals surface area contributed by atoms with Crippen molar-refractivity contribution in [1.82, 2.24) is 0 Å². The van der Waals surface area contributed by atoms with Crippen molar-refractivity contribution in [2.75, 3.05) is 11.9 Å². The second-order valence-corrected chi connectivity index (χ2v) is 4.82. The first kappa shape index (κ1) is 13.8. The van der Waals surface area contributed by atoms with Crippen molar-refractivity contribution >= 4 is 24.2 Å². The van der Waals surface area contributed by atoms with Crippen LogP contribution in [-0.4, -0.2) is 24.7 Å². The van der Waals surface area contributed by atoms with Gasteiger partial charge in [-0.05, 0) is 41.7 Å².